The number of aromatic nitrogens is 1. The van der Waals surface area contributed by atoms with Gasteiger partial charge in [0.1, 0.15) is 0 Å². The Morgan fingerprint density at radius 2 is 1.93 bits per heavy atom. The first kappa shape index (κ1) is 26.8. The number of hydrogen-bond acceptors (Lipinski definition) is 5. The molecule has 0 radical (unpaired) electrons. The maximum Gasteiger partial charge on any atom is 0.0974 e. The van der Waals surface area contributed by atoms with Gasteiger partial charge in [0, 0.05) is 37.0 Å². The summed E-state index contributed by atoms with van der Waals surface area (Å²) in [5.41, 5.74) is 4.60. The van der Waals surface area contributed by atoms with E-state index in [-0.39, 0.29) is 16.6 Å². The van der Waals surface area contributed by atoms with Crippen LogP contribution in [0.3, 0.4) is 0 Å². The van der Waals surface area contributed by atoms with Gasteiger partial charge < -0.3 is 19.5 Å². The van der Waals surface area contributed by atoms with Gasteiger partial charge in [-0.3, -0.25) is 4.98 Å². The van der Waals surface area contributed by atoms with Crippen molar-refractivity contribution in [2.45, 2.75) is 94.8 Å². The summed E-state index contributed by atoms with van der Waals surface area (Å²) in [6.07, 6.45) is 19.6. The molecule has 1 unspecified atom stereocenters. The molecule has 6 atom stereocenters. The molecule has 0 amide bonds. The van der Waals surface area contributed by atoms with E-state index in [1.54, 1.807) is 5.57 Å². The highest BCUT2D eigenvalue weighted by atomic mass is 16.5. The van der Waals surface area contributed by atoms with Gasteiger partial charge in [-0.15, -0.1) is 0 Å². The second kappa shape index (κ2) is 10.7. The quantitative estimate of drug-likeness (QED) is 0.332. The van der Waals surface area contributed by atoms with Crippen LogP contribution in [-0.4, -0.2) is 55.2 Å². The van der Waals surface area contributed by atoms with E-state index in [0.29, 0.717) is 31.1 Å². The van der Waals surface area contributed by atoms with Crippen LogP contribution in [0.15, 0.2) is 60.0 Å². The highest BCUT2D eigenvalue weighted by Gasteiger charge is 2.66. The van der Waals surface area contributed by atoms with Crippen molar-refractivity contribution < 1.29 is 14.2 Å². The van der Waals surface area contributed by atoms with Crippen LogP contribution < -0.4 is 5.32 Å². The highest BCUT2D eigenvalue weighted by Crippen LogP contribution is 2.69. The van der Waals surface area contributed by atoms with E-state index in [0.717, 1.165) is 45.4 Å². The molecule has 2 bridgehead atoms. The van der Waals surface area contributed by atoms with Crippen LogP contribution in [0.1, 0.15) is 83.1 Å². The predicted octanol–water partition coefficient (Wildman–Crippen LogP) is 6.88. The van der Waals surface area contributed by atoms with Crippen LogP contribution in [0, 0.1) is 11.3 Å². The summed E-state index contributed by atoms with van der Waals surface area (Å²) < 4.78 is 18.8. The van der Waals surface area contributed by atoms with Gasteiger partial charge in [-0.1, -0.05) is 38.1 Å². The third-order valence-corrected chi connectivity index (χ3v) is 11.1. The maximum absolute atomic E-state index is 7.49. The van der Waals surface area contributed by atoms with Crippen molar-refractivity contribution in [2.75, 3.05) is 33.0 Å². The van der Waals surface area contributed by atoms with E-state index in [4.69, 9.17) is 14.2 Å². The predicted molar refractivity (Wildman–Crippen MR) is 159 cm³/mol. The van der Waals surface area contributed by atoms with Gasteiger partial charge in [-0.05, 0) is 109 Å². The zero-order valence-corrected chi connectivity index (χ0v) is 24.4. The Labute approximate surface area is 239 Å². The monoisotopic (exact) mass is 542 g/mol. The number of hydrogen-bond donors (Lipinski definition) is 1. The Morgan fingerprint density at radius 3 is 2.83 bits per heavy atom. The first-order chi connectivity index (χ1) is 19.6. The molecule has 2 aliphatic heterocycles. The molecule has 2 saturated carbocycles. The molecule has 40 heavy (non-hydrogen) atoms. The van der Waals surface area contributed by atoms with Gasteiger partial charge in [0.25, 0.3) is 0 Å². The Bertz CT molecular complexity index is 1300. The third-order valence-electron chi connectivity index (χ3n) is 11.1. The van der Waals surface area contributed by atoms with Crippen molar-refractivity contribution >= 4 is 10.8 Å². The SMILES string of the molecule is CCCOCCOCCN[C@@H]1CCC2=CC3=CC[C@]4(C)[C@@H](c5ccc6ccncc6c5)CC[C@H]4C34CC[C@]2(C1)O4. The van der Waals surface area contributed by atoms with Gasteiger partial charge in [0.2, 0.25) is 0 Å². The number of fused-ring (bicyclic) bond motifs is 2. The van der Waals surface area contributed by atoms with E-state index >= 15 is 0 Å². The summed E-state index contributed by atoms with van der Waals surface area (Å²) in [6, 6.07) is 9.70. The first-order valence-corrected chi connectivity index (χ1v) is 15.9. The minimum absolute atomic E-state index is 0.0763. The summed E-state index contributed by atoms with van der Waals surface area (Å²) >= 11 is 0. The Morgan fingerprint density at radius 1 is 1.02 bits per heavy atom. The first-order valence-electron chi connectivity index (χ1n) is 15.9. The topological polar surface area (TPSA) is 52.6 Å². The molecule has 7 rings (SSSR count). The summed E-state index contributed by atoms with van der Waals surface area (Å²) in [6.45, 7) is 8.54. The molecular weight excluding hydrogens is 496 g/mol. The van der Waals surface area contributed by atoms with E-state index in [2.05, 4.69) is 60.6 Å². The maximum atomic E-state index is 7.49. The van der Waals surface area contributed by atoms with Crippen LogP contribution in [0.2, 0.25) is 0 Å². The molecule has 2 aromatic rings. The molecule has 3 fully saturated rings. The standard InChI is InChI=1S/C35H46N2O3/c1-3-17-38-19-20-39-18-16-37-30-7-6-28-22-29-10-12-33(2)31(26-5-4-25-11-15-36-24-27(25)21-26)8-9-32(33)35(29)14-13-34(28,23-30)40-35/h4-5,10-11,15,21-22,24,30-32,37H,3,6-9,12-14,16-20,23H2,1-2H3/t30-,31-,32-,33-,34-,35?/m1/s1. The second-order valence-electron chi connectivity index (χ2n) is 13.3. The number of ether oxygens (including phenoxy) is 3. The molecule has 214 valence electrons. The zero-order chi connectivity index (χ0) is 27.2. The number of allylic oxidation sites excluding steroid dienone is 1. The Kier molecular flexibility index (Phi) is 7.14. The molecule has 1 N–H and O–H groups in total. The zero-order valence-electron chi connectivity index (χ0n) is 24.4. The van der Waals surface area contributed by atoms with Crippen molar-refractivity contribution in [1.29, 1.82) is 0 Å². The van der Waals surface area contributed by atoms with Crippen molar-refractivity contribution in [3.05, 3.63) is 65.5 Å². The van der Waals surface area contributed by atoms with Gasteiger partial charge in [0.15, 0.2) is 0 Å². The average Bonchev–Trinajstić information content (AvgIpc) is 3.49. The summed E-state index contributed by atoms with van der Waals surface area (Å²) in [4.78, 5) is 4.40. The third kappa shape index (κ3) is 4.40. The second-order valence-corrected chi connectivity index (χ2v) is 13.3. The molecular formula is C35H46N2O3. The lowest BCUT2D eigenvalue weighted by molar-refractivity contribution is -0.136. The molecule has 5 nitrogen and oxygen atoms in total. The van der Waals surface area contributed by atoms with Gasteiger partial charge >= 0.3 is 0 Å². The minimum Gasteiger partial charge on any atom is -0.379 e. The smallest absolute Gasteiger partial charge is 0.0974 e. The fourth-order valence-corrected chi connectivity index (χ4v) is 9.25. The summed E-state index contributed by atoms with van der Waals surface area (Å²) in [5.74, 6) is 1.14. The number of benzene rings is 1. The average molecular weight is 543 g/mol. The van der Waals surface area contributed by atoms with Gasteiger partial charge in [0.05, 0.1) is 31.0 Å². The summed E-state index contributed by atoms with van der Waals surface area (Å²) in [7, 11) is 0. The van der Waals surface area contributed by atoms with Crippen LogP contribution in [-0.2, 0) is 14.2 Å². The number of rotatable bonds is 10. The van der Waals surface area contributed by atoms with Gasteiger partial charge in [-0.25, -0.2) is 0 Å². The van der Waals surface area contributed by atoms with Crippen LogP contribution in [0.25, 0.3) is 10.8 Å². The van der Waals surface area contributed by atoms with E-state index < -0.39 is 0 Å². The molecule has 1 aromatic carbocycles. The lowest BCUT2D eigenvalue weighted by Crippen LogP contribution is -2.55. The lowest BCUT2D eigenvalue weighted by atomic mass is 9.58. The minimum atomic E-state index is -0.104. The molecule has 2 spiro atoms. The van der Waals surface area contributed by atoms with Crippen molar-refractivity contribution in [3.8, 4) is 0 Å². The number of nitrogens with one attached hydrogen (secondary N) is 1. The number of pyridine rings is 1. The lowest BCUT2D eigenvalue weighted by Gasteiger charge is -2.54. The fraction of sp³-hybridized carbons (Fsp3) is 0.629. The highest BCUT2D eigenvalue weighted by molar-refractivity contribution is 5.82. The van der Waals surface area contributed by atoms with Crippen LogP contribution in [0.4, 0.5) is 0 Å². The van der Waals surface area contributed by atoms with Crippen LogP contribution >= 0.6 is 0 Å². The van der Waals surface area contributed by atoms with Crippen LogP contribution in [0.5, 0.6) is 0 Å². The Balaban J connectivity index is 1.05. The number of nitrogens with zero attached hydrogens (tertiary/aromatic N) is 1. The fourth-order valence-electron chi connectivity index (χ4n) is 9.25. The molecule has 3 heterocycles. The van der Waals surface area contributed by atoms with Crippen molar-refractivity contribution in [1.82, 2.24) is 10.3 Å². The van der Waals surface area contributed by atoms with E-state index in [1.165, 1.54) is 54.0 Å². The molecule has 5 heteroatoms. The van der Waals surface area contributed by atoms with E-state index in [9.17, 15) is 0 Å². The molecule has 1 saturated heterocycles. The largest absolute Gasteiger partial charge is 0.379 e. The molecule has 5 aliphatic rings. The Hall–Kier alpha value is -2.05. The van der Waals surface area contributed by atoms with E-state index in [1.807, 2.05) is 12.4 Å². The summed E-state index contributed by atoms with van der Waals surface area (Å²) in [5, 5.41) is 6.35. The van der Waals surface area contributed by atoms with Gasteiger partial charge in [-0.2, -0.15) is 0 Å². The normalized spacial score (nSPS) is 36.1. The van der Waals surface area contributed by atoms with Crippen molar-refractivity contribution in [3.63, 3.8) is 0 Å². The molecule has 3 aliphatic carbocycles. The van der Waals surface area contributed by atoms with Crippen molar-refractivity contribution in [2.24, 2.45) is 11.3 Å². The molecule has 1 aromatic heterocycles.